The Hall–Kier alpha value is -1.35. The summed E-state index contributed by atoms with van der Waals surface area (Å²) >= 11 is 0. The van der Waals surface area contributed by atoms with E-state index in [4.69, 9.17) is 0 Å². The molecule has 8 atom stereocenters. The Bertz CT molecular complexity index is 885. The summed E-state index contributed by atoms with van der Waals surface area (Å²) in [6.45, 7) is 16.1. The number of hydrogen-bond donors (Lipinski definition) is 2. The quantitative estimate of drug-likeness (QED) is 0.486. The minimum atomic E-state index is -0.597. The van der Waals surface area contributed by atoms with Gasteiger partial charge in [-0.05, 0) is 97.9 Å². The molecule has 2 N–H and O–H groups in total. The lowest BCUT2D eigenvalue weighted by Gasteiger charge is -2.69. The van der Waals surface area contributed by atoms with E-state index in [0.29, 0.717) is 11.8 Å². The maximum atomic E-state index is 12.6. The molecule has 0 heterocycles. The maximum absolute atomic E-state index is 12.6. The number of fused-ring (bicyclic) bond motifs is 7. The number of aliphatic carboxylic acids is 1. The molecular weight excluding hydrogens is 384 g/mol. The van der Waals surface area contributed by atoms with Gasteiger partial charge in [-0.1, -0.05) is 51.2 Å². The van der Waals surface area contributed by atoms with Crippen molar-refractivity contribution in [2.24, 2.45) is 39.4 Å². The minimum absolute atomic E-state index is 0.0442. The van der Waals surface area contributed by atoms with E-state index in [1.165, 1.54) is 11.1 Å². The fourth-order valence-electron chi connectivity index (χ4n) is 9.39. The Balaban J connectivity index is 1.59. The summed E-state index contributed by atoms with van der Waals surface area (Å²) in [5, 5.41) is 20.8. The average Bonchev–Trinajstić information content (AvgIpc) is 2.71. The van der Waals surface area contributed by atoms with Crippen LogP contribution in [0.3, 0.4) is 0 Å². The second-order valence-electron chi connectivity index (χ2n) is 12.4. The van der Waals surface area contributed by atoms with Gasteiger partial charge < -0.3 is 10.2 Å². The van der Waals surface area contributed by atoms with Crippen LogP contribution >= 0.6 is 0 Å². The van der Waals surface area contributed by atoms with Crippen LogP contribution in [0.1, 0.15) is 85.0 Å². The van der Waals surface area contributed by atoms with Crippen LogP contribution in [0.15, 0.2) is 36.0 Å². The van der Waals surface area contributed by atoms with Crippen molar-refractivity contribution >= 4 is 5.97 Å². The van der Waals surface area contributed by atoms with Crippen LogP contribution in [0.4, 0.5) is 0 Å². The first-order valence-corrected chi connectivity index (χ1v) is 12.5. The highest BCUT2D eigenvalue weighted by atomic mass is 16.4. The highest BCUT2D eigenvalue weighted by Crippen LogP contribution is 2.74. The van der Waals surface area contributed by atoms with E-state index < -0.39 is 11.4 Å². The van der Waals surface area contributed by atoms with Crippen LogP contribution in [-0.4, -0.2) is 22.3 Å². The van der Waals surface area contributed by atoms with Gasteiger partial charge in [-0.2, -0.15) is 0 Å². The topological polar surface area (TPSA) is 57.5 Å². The molecule has 31 heavy (non-hydrogen) atoms. The molecule has 4 fully saturated rings. The SMILES string of the molecule is C=C1CC[C@]2(C(=O)O)CC[C@]3(C)C(=CC[C@@H]4[C@@]5(C)CC[C@H](O)C(=C)[C@H]5CC[C@]43C)[C@H]2C1. The molecule has 5 aliphatic rings. The first-order chi connectivity index (χ1) is 14.5. The molecule has 0 spiro atoms. The summed E-state index contributed by atoms with van der Waals surface area (Å²) in [5.41, 5.74) is 3.51. The van der Waals surface area contributed by atoms with Gasteiger partial charge in [0.2, 0.25) is 0 Å². The molecule has 0 unspecified atom stereocenters. The predicted octanol–water partition coefficient (Wildman–Crippen LogP) is 6.29. The third kappa shape index (κ3) is 2.53. The molecule has 0 amide bonds. The van der Waals surface area contributed by atoms with Crippen molar-refractivity contribution in [3.63, 3.8) is 0 Å². The monoisotopic (exact) mass is 424 g/mol. The molecule has 4 saturated carbocycles. The van der Waals surface area contributed by atoms with Gasteiger partial charge in [-0.25, -0.2) is 0 Å². The molecule has 0 saturated heterocycles. The second-order valence-corrected chi connectivity index (χ2v) is 12.4. The molecule has 3 nitrogen and oxygen atoms in total. The summed E-state index contributed by atoms with van der Waals surface area (Å²) in [4.78, 5) is 12.6. The summed E-state index contributed by atoms with van der Waals surface area (Å²) < 4.78 is 0. The predicted molar refractivity (Wildman–Crippen MR) is 123 cm³/mol. The summed E-state index contributed by atoms with van der Waals surface area (Å²) in [6, 6.07) is 0. The van der Waals surface area contributed by atoms with Crippen molar-refractivity contribution in [3.05, 3.63) is 36.0 Å². The van der Waals surface area contributed by atoms with Crippen molar-refractivity contribution in [1.82, 2.24) is 0 Å². The second kappa shape index (κ2) is 6.59. The van der Waals surface area contributed by atoms with E-state index in [1.54, 1.807) is 0 Å². The van der Waals surface area contributed by atoms with Crippen LogP contribution in [0.2, 0.25) is 0 Å². The highest BCUT2D eigenvalue weighted by Gasteiger charge is 2.67. The average molecular weight is 425 g/mol. The number of carboxylic acids is 1. The lowest BCUT2D eigenvalue weighted by atomic mass is 9.35. The number of aliphatic hydroxyl groups is 1. The van der Waals surface area contributed by atoms with Gasteiger partial charge in [0.1, 0.15) is 0 Å². The largest absolute Gasteiger partial charge is 0.481 e. The zero-order valence-corrected chi connectivity index (χ0v) is 19.7. The smallest absolute Gasteiger partial charge is 0.310 e. The fraction of sp³-hybridized carbons (Fsp3) is 0.750. The summed E-state index contributed by atoms with van der Waals surface area (Å²) in [7, 11) is 0. The number of allylic oxidation sites excluding steroid dienone is 3. The summed E-state index contributed by atoms with van der Waals surface area (Å²) in [5.74, 6) is 0.481. The Morgan fingerprint density at radius 1 is 1.03 bits per heavy atom. The standard InChI is InChI=1S/C28H40O3/c1-17-8-13-28(24(30)31)15-14-26(4)20(21(28)16-17)6-7-23-25(3)11-10-22(29)18(2)19(25)9-12-27(23,26)5/h6,19,21-23,29H,1-2,7-16H2,3-5H3,(H,30,31)/t19-,21-,22+,23-,25+,26-,27-,28+/m1/s1. The highest BCUT2D eigenvalue weighted by molar-refractivity contribution is 5.77. The molecule has 0 aromatic heterocycles. The van der Waals surface area contributed by atoms with Gasteiger partial charge in [0.15, 0.2) is 0 Å². The zero-order chi connectivity index (χ0) is 22.4. The molecule has 5 rings (SSSR count). The normalized spacial score (nSPS) is 51.7. The van der Waals surface area contributed by atoms with Crippen LogP contribution in [0, 0.1) is 39.4 Å². The fourth-order valence-corrected chi connectivity index (χ4v) is 9.39. The first-order valence-electron chi connectivity index (χ1n) is 12.5. The minimum Gasteiger partial charge on any atom is -0.481 e. The van der Waals surface area contributed by atoms with E-state index in [0.717, 1.165) is 69.8 Å². The number of aliphatic hydroxyl groups excluding tert-OH is 1. The van der Waals surface area contributed by atoms with Crippen LogP contribution in [0.25, 0.3) is 0 Å². The van der Waals surface area contributed by atoms with Gasteiger partial charge in [-0.3, -0.25) is 4.79 Å². The molecule has 170 valence electrons. The lowest BCUT2D eigenvalue weighted by Crippen LogP contribution is -2.62. The van der Waals surface area contributed by atoms with E-state index >= 15 is 0 Å². The molecule has 0 aliphatic heterocycles. The van der Waals surface area contributed by atoms with Gasteiger partial charge in [-0.15, -0.1) is 0 Å². The van der Waals surface area contributed by atoms with E-state index in [1.807, 2.05) is 0 Å². The third-order valence-corrected chi connectivity index (χ3v) is 11.6. The van der Waals surface area contributed by atoms with Crippen molar-refractivity contribution in [1.29, 1.82) is 0 Å². The Morgan fingerprint density at radius 2 is 1.77 bits per heavy atom. The van der Waals surface area contributed by atoms with Crippen molar-refractivity contribution in [3.8, 4) is 0 Å². The van der Waals surface area contributed by atoms with E-state index in [9.17, 15) is 15.0 Å². The Morgan fingerprint density at radius 3 is 2.48 bits per heavy atom. The van der Waals surface area contributed by atoms with Crippen LogP contribution in [-0.2, 0) is 4.79 Å². The third-order valence-electron chi connectivity index (χ3n) is 11.6. The number of rotatable bonds is 1. The Kier molecular flexibility index (Phi) is 4.57. The van der Waals surface area contributed by atoms with Crippen LogP contribution < -0.4 is 0 Å². The van der Waals surface area contributed by atoms with Gasteiger partial charge in [0, 0.05) is 5.92 Å². The Labute approximate surface area is 187 Å². The molecule has 0 aromatic rings. The van der Waals surface area contributed by atoms with Gasteiger partial charge in [0.05, 0.1) is 11.5 Å². The molecular formula is C28H40O3. The molecule has 0 bridgehead atoms. The number of hydrogen-bond acceptors (Lipinski definition) is 2. The van der Waals surface area contributed by atoms with Crippen molar-refractivity contribution in [2.45, 2.75) is 91.1 Å². The number of carboxylic acid groups (broad SMARTS) is 1. The zero-order valence-electron chi connectivity index (χ0n) is 19.7. The van der Waals surface area contributed by atoms with Crippen molar-refractivity contribution in [2.75, 3.05) is 0 Å². The lowest BCUT2D eigenvalue weighted by molar-refractivity contribution is -0.168. The molecule has 0 radical (unpaired) electrons. The molecule has 5 aliphatic carbocycles. The number of carbonyl (C=O) groups is 1. The maximum Gasteiger partial charge on any atom is 0.310 e. The van der Waals surface area contributed by atoms with E-state index in [-0.39, 0.29) is 28.3 Å². The first kappa shape index (κ1) is 21.5. The summed E-state index contributed by atoms with van der Waals surface area (Å²) in [6.07, 6.45) is 11.5. The molecule has 0 aromatic carbocycles. The van der Waals surface area contributed by atoms with Crippen LogP contribution in [0.5, 0.6) is 0 Å². The molecule has 3 heteroatoms. The van der Waals surface area contributed by atoms with E-state index in [2.05, 4.69) is 40.0 Å². The van der Waals surface area contributed by atoms with Crippen molar-refractivity contribution < 1.29 is 15.0 Å². The van der Waals surface area contributed by atoms with Gasteiger partial charge in [0.25, 0.3) is 0 Å². The van der Waals surface area contributed by atoms with Gasteiger partial charge >= 0.3 is 5.97 Å².